The molecule has 16 heavy (non-hydrogen) atoms. The number of hydrogen-bond donors (Lipinski definition) is 2. The fourth-order valence-electron chi connectivity index (χ4n) is 2.21. The quantitative estimate of drug-likeness (QED) is 0.717. The molecule has 0 fully saturated rings. The van der Waals surface area contributed by atoms with Crippen LogP contribution in [-0.2, 0) is 0 Å². The smallest absolute Gasteiger partial charge is 0.153 e. The van der Waals surface area contributed by atoms with Gasteiger partial charge >= 0.3 is 0 Å². The van der Waals surface area contributed by atoms with E-state index < -0.39 is 0 Å². The van der Waals surface area contributed by atoms with Crippen LogP contribution in [0, 0.1) is 13.8 Å². The van der Waals surface area contributed by atoms with Gasteiger partial charge in [-0.15, -0.1) is 0 Å². The van der Waals surface area contributed by atoms with E-state index in [0.29, 0.717) is 0 Å². The maximum absolute atomic E-state index is 5.95. The largest absolute Gasteiger partial charge is 0.484 e. The number of ether oxygens (including phenoxy) is 2. The third-order valence-corrected chi connectivity index (χ3v) is 3.28. The molecule has 3 heterocycles. The van der Waals surface area contributed by atoms with Crippen molar-refractivity contribution in [3.8, 4) is 11.5 Å². The van der Waals surface area contributed by atoms with Gasteiger partial charge in [0.15, 0.2) is 11.5 Å². The zero-order chi connectivity index (χ0) is 11.4. The summed E-state index contributed by atoms with van der Waals surface area (Å²) in [4.78, 5) is 6.56. The number of aromatic nitrogens is 2. The van der Waals surface area contributed by atoms with Crippen molar-refractivity contribution in [2.75, 3.05) is 0 Å². The molecule has 0 radical (unpaired) electrons. The zero-order valence-corrected chi connectivity index (χ0v) is 9.97. The summed E-state index contributed by atoms with van der Waals surface area (Å²) in [6.07, 6.45) is 0.119. The third-order valence-electron chi connectivity index (χ3n) is 3.28. The SMILES string of the molecule is Cc1[nH]c2[nH]c(C)c3c2c1OC(C)C(C)O3. The second kappa shape index (κ2) is 2.97. The van der Waals surface area contributed by atoms with E-state index in [0.717, 1.165) is 33.9 Å². The second-order valence-electron chi connectivity index (χ2n) is 4.55. The summed E-state index contributed by atoms with van der Waals surface area (Å²) in [6.45, 7) is 8.11. The van der Waals surface area contributed by atoms with E-state index in [-0.39, 0.29) is 12.2 Å². The molecule has 1 aliphatic heterocycles. The first-order valence-electron chi connectivity index (χ1n) is 5.62. The standard InChI is InChI=1S/C12H16N2O2/c1-5-10-9-11(6(2)14-12(9)13-5)16-8(4)7(3)15-10/h7-8,13-14H,1-4H3. The normalized spacial score (nSPS) is 24.0. The van der Waals surface area contributed by atoms with Gasteiger partial charge in [0.25, 0.3) is 0 Å². The molecule has 0 spiro atoms. The average molecular weight is 220 g/mol. The molecule has 0 saturated heterocycles. The highest BCUT2D eigenvalue weighted by atomic mass is 16.6. The molecule has 2 atom stereocenters. The molecular formula is C12H16N2O2. The van der Waals surface area contributed by atoms with Crippen molar-refractivity contribution in [3.05, 3.63) is 11.4 Å². The number of aromatic amines is 2. The first kappa shape index (κ1) is 9.63. The predicted molar refractivity (Wildman–Crippen MR) is 62.3 cm³/mol. The summed E-state index contributed by atoms with van der Waals surface area (Å²) < 4.78 is 11.9. The highest BCUT2D eigenvalue weighted by Crippen LogP contribution is 2.42. The number of H-pyrrole nitrogens is 2. The molecular weight excluding hydrogens is 204 g/mol. The molecule has 0 bridgehead atoms. The van der Waals surface area contributed by atoms with E-state index >= 15 is 0 Å². The molecule has 2 N–H and O–H groups in total. The Bertz CT molecular complexity index is 507. The summed E-state index contributed by atoms with van der Waals surface area (Å²) in [5.74, 6) is 1.84. The van der Waals surface area contributed by atoms with Gasteiger partial charge in [0.1, 0.15) is 23.2 Å². The van der Waals surface area contributed by atoms with Gasteiger partial charge in [-0.1, -0.05) is 0 Å². The van der Waals surface area contributed by atoms with Crippen molar-refractivity contribution in [1.82, 2.24) is 9.97 Å². The number of rotatable bonds is 0. The summed E-state index contributed by atoms with van der Waals surface area (Å²) in [7, 11) is 0. The van der Waals surface area contributed by atoms with E-state index in [2.05, 4.69) is 9.97 Å². The minimum atomic E-state index is 0.0597. The summed E-state index contributed by atoms with van der Waals surface area (Å²) >= 11 is 0. The molecule has 0 aliphatic carbocycles. The maximum Gasteiger partial charge on any atom is 0.153 e. The minimum absolute atomic E-state index is 0.0597. The average Bonchev–Trinajstić information content (AvgIpc) is 2.60. The van der Waals surface area contributed by atoms with Gasteiger partial charge in [-0.3, -0.25) is 0 Å². The molecule has 2 aromatic rings. The molecule has 0 aromatic carbocycles. The number of aryl methyl sites for hydroxylation is 2. The van der Waals surface area contributed by atoms with Gasteiger partial charge in [0, 0.05) is 0 Å². The fourth-order valence-corrected chi connectivity index (χ4v) is 2.21. The van der Waals surface area contributed by atoms with Crippen LogP contribution in [0.3, 0.4) is 0 Å². The molecule has 0 saturated carbocycles. The Hall–Kier alpha value is -1.58. The van der Waals surface area contributed by atoms with Crippen LogP contribution < -0.4 is 9.47 Å². The van der Waals surface area contributed by atoms with Gasteiger partial charge in [-0.05, 0) is 27.7 Å². The van der Waals surface area contributed by atoms with Crippen LogP contribution in [-0.4, -0.2) is 22.2 Å². The van der Waals surface area contributed by atoms with Crippen LogP contribution in [0.5, 0.6) is 11.5 Å². The Balaban J connectivity index is 2.31. The number of hydrogen-bond acceptors (Lipinski definition) is 2. The molecule has 4 nitrogen and oxygen atoms in total. The van der Waals surface area contributed by atoms with Crippen LogP contribution in [0.1, 0.15) is 25.2 Å². The van der Waals surface area contributed by atoms with Crippen LogP contribution in [0.4, 0.5) is 0 Å². The highest BCUT2D eigenvalue weighted by molar-refractivity contribution is 5.93. The molecule has 2 unspecified atom stereocenters. The van der Waals surface area contributed by atoms with Gasteiger partial charge < -0.3 is 19.4 Å². The summed E-state index contributed by atoms with van der Waals surface area (Å²) in [6, 6.07) is 0. The lowest BCUT2D eigenvalue weighted by Crippen LogP contribution is -2.30. The molecule has 3 rings (SSSR count). The Morgan fingerprint density at radius 3 is 1.75 bits per heavy atom. The Labute approximate surface area is 93.9 Å². The molecule has 1 aliphatic rings. The van der Waals surface area contributed by atoms with Gasteiger partial charge in [0.2, 0.25) is 0 Å². The third kappa shape index (κ3) is 1.10. The molecule has 2 aromatic heterocycles. The lowest BCUT2D eigenvalue weighted by molar-refractivity contribution is 0.0867. The molecule has 0 amide bonds. The maximum atomic E-state index is 5.95. The van der Waals surface area contributed by atoms with Gasteiger partial charge in [0.05, 0.1) is 11.4 Å². The van der Waals surface area contributed by atoms with E-state index in [9.17, 15) is 0 Å². The van der Waals surface area contributed by atoms with E-state index in [1.165, 1.54) is 0 Å². The first-order valence-corrected chi connectivity index (χ1v) is 5.62. The summed E-state index contributed by atoms with van der Waals surface area (Å²) in [5.41, 5.74) is 3.08. The van der Waals surface area contributed by atoms with E-state index in [4.69, 9.17) is 9.47 Å². The van der Waals surface area contributed by atoms with Crippen molar-refractivity contribution in [2.45, 2.75) is 39.9 Å². The van der Waals surface area contributed by atoms with Crippen LogP contribution in [0.2, 0.25) is 0 Å². The second-order valence-corrected chi connectivity index (χ2v) is 4.55. The minimum Gasteiger partial charge on any atom is -0.484 e. The van der Waals surface area contributed by atoms with Crippen molar-refractivity contribution >= 4 is 11.0 Å². The lowest BCUT2D eigenvalue weighted by Gasteiger charge is -2.19. The van der Waals surface area contributed by atoms with Crippen molar-refractivity contribution < 1.29 is 9.47 Å². The molecule has 86 valence electrons. The van der Waals surface area contributed by atoms with E-state index in [1.54, 1.807) is 0 Å². The Kier molecular flexibility index (Phi) is 1.79. The van der Waals surface area contributed by atoms with E-state index in [1.807, 2.05) is 27.7 Å². The Morgan fingerprint density at radius 2 is 1.31 bits per heavy atom. The predicted octanol–water partition coefficient (Wildman–Crippen LogP) is 2.66. The first-order chi connectivity index (χ1) is 7.58. The summed E-state index contributed by atoms with van der Waals surface area (Å²) in [5, 5.41) is 1.05. The van der Waals surface area contributed by atoms with Crippen LogP contribution in [0.15, 0.2) is 0 Å². The lowest BCUT2D eigenvalue weighted by atomic mass is 10.2. The van der Waals surface area contributed by atoms with Gasteiger partial charge in [-0.2, -0.15) is 0 Å². The fraction of sp³-hybridized carbons (Fsp3) is 0.500. The Morgan fingerprint density at radius 1 is 0.875 bits per heavy atom. The molecule has 4 heteroatoms. The van der Waals surface area contributed by atoms with Crippen molar-refractivity contribution in [3.63, 3.8) is 0 Å². The van der Waals surface area contributed by atoms with Crippen LogP contribution in [0.25, 0.3) is 11.0 Å². The highest BCUT2D eigenvalue weighted by Gasteiger charge is 2.28. The topological polar surface area (TPSA) is 50.0 Å². The number of nitrogens with one attached hydrogen (secondary N) is 2. The zero-order valence-electron chi connectivity index (χ0n) is 9.97. The van der Waals surface area contributed by atoms with Gasteiger partial charge in [-0.25, -0.2) is 0 Å². The van der Waals surface area contributed by atoms with Crippen LogP contribution >= 0.6 is 0 Å². The van der Waals surface area contributed by atoms with Crippen molar-refractivity contribution in [1.29, 1.82) is 0 Å². The van der Waals surface area contributed by atoms with Crippen molar-refractivity contribution in [2.24, 2.45) is 0 Å². The monoisotopic (exact) mass is 220 g/mol.